The van der Waals surface area contributed by atoms with Crippen molar-refractivity contribution in [2.45, 2.75) is 39.2 Å². The molecule has 14 heavy (non-hydrogen) atoms. The minimum Gasteiger partial charge on any atom is -0.458 e. The average molecular weight is 195 g/mol. The van der Waals surface area contributed by atoms with E-state index in [1.54, 1.807) is 12.1 Å². The Kier molecular flexibility index (Phi) is 3.11. The second kappa shape index (κ2) is 3.96. The van der Waals surface area contributed by atoms with Crippen LogP contribution in [0.25, 0.3) is 0 Å². The van der Waals surface area contributed by atoms with Crippen molar-refractivity contribution < 1.29 is 9.21 Å². The second-order valence-corrected chi connectivity index (χ2v) is 4.32. The van der Waals surface area contributed by atoms with E-state index in [1.165, 1.54) is 0 Å². The monoisotopic (exact) mass is 195 g/mol. The van der Waals surface area contributed by atoms with Gasteiger partial charge in [-0.15, -0.1) is 0 Å². The van der Waals surface area contributed by atoms with Gasteiger partial charge in [-0.25, -0.2) is 0 Å². The van der Waals surface area contributed by atoms with Crippen molar-refractivity contribution in [1.29, 1.82) is 0 Å². The van der Waals surface area contributed by atoms with Gasteiger partial charge in [0.2, 0.25) is 0 Å². The molecule has 0 spiro atoms. The lowest BCUT2D eigenvalue weighted by molar-refractivity contribution is 0.0944. The third kappa shape index (κ3) is 3.34. The van der Waals surface area contributed by atoms with Crippen LogP contribution in [-0.4, -0.2) is 11.3 Å². The van der Waals surface area contributed by atoms with Gasteiger partial charge in [-0.05, 0) is 39.3 Å². The fraction of sp³-hybridized carbons (Fsp3) is 0.545. The van der Waals surface area contributed by atoms with Crippen molar-refractivity contribution in [3.63, 3.8) is 0 Å². The molecule has 0 aliphatic rings. The molecule has 0 unspecified atom stereocenters. The highest BCUT2D eigenvalue weighted by Crippen LogP contribution is 2.13. The summed E-state index contributed by atoms with van der Waals surface area (Å²) in [5, 5.41) is 0. The molecule has 0 saturated carbocycles. The molecule has 3 heteroatoms. The molecule has 0 fully saturated rings. The van der Waals surface area contributed by atoms with Gasteiger partial charge in [0, 0.05) is 12.0 Å². The minimum absolute atomic E-state index is 0.0247. The fourth-order valence-corrected chi connectivity index (χ4v) is 1.14. The maximum atomic E-state index is 11.6. The van der Waals surface area contributed by atoms with E-state index < -0.39 is 0 Å². The van der Waals surface area contributed by atoms with Gasteiger partial charge in [-0.2, -0.15) is 0 Å². The molecule has 1 heterocycles. The van der Waals surface area contributed by atoms with Crippen LogP contribution in [0.5, 0.6) is 0 Å². The summed E-state index contributed by atoms with van der Waals surface area (Å²) in [7, 11) is 0. The van der Waals surface area contributed by atoms with Crippen LogP contribution < -0.4 is 5.73 Å². The van der Waals surface area contributed by atoms with E-state index in [-0.39, 0.29) is 11.3 Å². The number of furan rings is 1. The topological polar surface area (TPSA) is 56.2 Å². The molecule has 2 N–H and O–H groups in total. The number of ketones is 1. The molecule has 0 radical (unpaired) electrons. The van der Waals surface area contributed by atoms with Crippen molar-refractivity contribution in [2.75, 3.05) is 0 Å². The Hall–Kier alpha value is -1.09. The molecule has 78 valence electrons. The Bertz CT molecular complexity index is 320. The van der Waals surface area contributed by atoms with E-state index in [2.05, 4.69) is 0 Å². The highest BCUT2D eigenvalue weighted by molar-refractivity contribution is 5.93. The zero-order valence-corrected chi connectivity index (χ0v) is 8.96. The largest absolute Gasteiger partial charge is 0.458 e. The van der Waals surface area contributed by atoms with Crippen molar-refractivity contribution in [3.05, 3.63) is 23.7 Å². The van der Waals surface area contributed by atoms with Crippen molar-refractivity contribution in [1.82, 2.24) is 0 Å². The van der Waals surface area contributed by atoms with Crippen molar-refractivity contribution in [3.8, 4) is 0 Å². The predicted octanol–water partition coefficient (Wildman–Crippen LogP) is 2.29. The number of aryl methyl sites for hydroxylation is 1. The number of rotatable bonds is 4. The molecule has 3 nitrogen and oxygen atoms in total. The molecule has 0 amide bonds. The number of nitrogens with two attached hydrogens (primary N) is 1. The Labute approximate surface area is 84.3 Å². The Morgan fingerprint density at radius 3 is 2.57 bits per heavy atom. The summed E-state index contributed by atoms with van der Waals surface area (Å²) in [6.07, 6.45) is 1.11. The third-order valence-corrected chi connectivity index (χ3v) is 2.01. The van der Waals surface area contributed by atoms with Crippen LogP contribution in [0, 0.1) is 6.92 Å². The lowest BCUT2D eigenvalue weighted by atomic mass is 9.98. The summed E-state index contributed by atoms with van der Waals surface area (Å²) < 4.78 is 5.22. The predicted molar refractivity (Wildman–Crippen MR) is 55.3 cm³/mol. The fourth-order valence-electron chi connectivity index (χ4n) is 1.14. The molecule has 0 aliphatic carbocycles. The summed E-state index contributed by atoms with van der Waals surface area (Å²) in [6.45, 7) is 5.64. The minimum atomic E-state index is -0.294. The molecule has 1 rings (SSSR count). The average Bonchev–Trinajstić information content (AvgIpc) is 2.46. The molecule has 0 aliphatic heterocycles. The lowest BCUT2D eigenvalue weighted by Gasteiger charge is -2.16. The zero-order valence-electron chi connectivity index (χ0n) is 8.96. The van der Waals surface area contributed by atoms with E-state index in [0.29, 0.717) is 18.6 Å². The lowest BCUT2D eigenvalue weighted by Crippen LogP contribution is -2.32. The van der Waals surface area contributed by atoms with Gasteiger partial charge in [-0.3, -0.25) is 4.79 Å². The maximum Gasteiger partial charge on any atom is 0.198 e. The van der Waals surface area contributed by atoms with Crippen LogP contribution in [0.1, 0.15) is 43.0 Å². The van der Waals surface area contributed by atoms with E-state index in [9.17, 15) is 4.79 Å². The first-order valence-corrected chi connectivity index (χ1v) is 4.77. The van der Waals surface area contributed by atoms with Gasteiger partial charge in [-0.1, -0.05) is 0 Å². The summed E-state index contributed by atoms with van der Waals surface area (Å²) in [4.78, 5) is 11.6. The first-order valence-electron chi connectivity index (χ1n) is 4.77. The highest BCUT2D eigenvalue weighted by atomic mass is 16.3. The Morgan fingerprint density at radius 2 is 2.14 bits per heavy atom. The highest BCUT2D eigenvalue weighted by Gasteiger charge is 2.16. The summed E-state index contributed by atoms with van der Waals surface area (Å²) in [5.74, 6) is 1.23. The molecular formula is C11H17NO2. The number of carbonyl (C=O) groups is 1. The van der Waals surface area contributed by atoms with Crippen LogP contribution in [0.2, 0.25) is 0 Å². The molecule has 0 aromatic carbocycles. The van der Waals surface area contributed by atoms with Crippen molar-refractivity contribution in [2.24, 2.45) is 5.73 Å². The summed E-state index contributed by atoms with van der Waals surface area (Å²) in [5.41, 5.74) is 5.49. The normalized spacial score (nSPS) is 11.7. The van der Waals surface area contributed by atoms with Gasteiger partial charge in [0.15, 0.2) is 11.5 Å². The molecule has 0 saturated heterocycles. The van der Waals surface area contributed by atoms with Gasteiger partial charge in [0.05, 0.1) is 0 Å². The Balaban J connectivity index is 2.52. The molecule has 0 atom stereocenters. The van der Waals surface area contributed by atoms with Crippen molar-refractivity contribution >= 4 is 5.78 Å². The van der Waals surface area contributed by atoms with Crippen LogP contribution in [0.3, 0.4) is 0 Å². The smallest absolute Gasteiger partial charge is 0.198 e. The van der Waals surface area contributed by atoms with Gasteiger partial charge in [0.1, 0.15) is 5.76 Å². The number of Topliss-reactive ketones (excluding diaryl/α,β-unsaturated/α-hetero) is 1. The quantitative estimate of drug-likeness (QED) is 0.750. The Morgan fingerprint density at radius 1 is 1.50 bits per heavy atom. The summed E-state index contributed by atoms with van der Waals surface area (Å²) >= 11 is 0. The van der Waals surface area contributed by atoms with E-state index in [4.69, 9.17) is 10.2 Å². The van der Waals surface area contributed by atoms with E-state index in [1.807, 2.05) is 20.8 Å². The van der Waals surface area contributed by atoms with E-state index >= 15 is 0 Å². The third-order valence-electron chi connectivity index (χ3n) is 2.01. The molecule has 1 aromatic rings. The van der Waals surface area contributed by atoms with Crippen LogP contribution >= 0.6 is 0 Å². The van der Waals surface area contributed by atoms with Crippen LogP contribution in [-0.2, 0) is 0 Å². The molecule has 1 aromatic heterocycles. The molecule has 0 bridgehead atoms. The number of hydrogen-bond acceptors (Lipinski definition) is 3. The van der Waals surface area contributed by atoms with Gasteiger partial charge < -0.3 is 10.2 Å². The number of hydrogen-bond donors (Lipinski definition) is 1. The second-order valence-electron chi connectivity index (χ2n) is 4.32. The SMILES string of the molecule is Cc1ccc(C(=O)CCC(C)(C)N)o1. The first kappa shape index (κ1) is 11.0. The first-order chi connectivity index (χ1) is 6.38. The standard InChI is InChI=1S/C11H17NO2/c1-8-4-5-10(14-8)9(13)6-7-11(2,3)12/h4-5H,6-7,12H2,1-3H3. The number of carbonyl (C=O) groups excluding carboxylic acids is 1. The van der Waals surface area contributed by atoms with E-state index in [0.717, 1.165) is 5.76 Å². The van der Waals surface area contributed by atoms with Crippen LogP contribution in [0.15, 0.2) is 16.5 Å². The van der Waals surface area contributed by atoms with Crippen LogP contribution in [0.4, 0.5) is 0 Å². The van der Waals surface area contributed by atoms with Gasteiger partial charge in [0.25, 0.3) is 0 Å². The summed E-state index contributed by atoms with van der Waals surface area (Å²) in [6, 6.07) is 3.50. The zero-order chi connectivity index (χ0) is 10.8. The molecular weight excluding hydrogens is 178 g/mol. The van der Waals surface area contributed by atoms with Gasteiger partial charge >= 0.3 is 0 Å². The maximum absolute atomic E-state index is 11.6.